The fourth-order valence-electron chi connectivity index (χ4n) is 2.54. The molecule has 1 amide bonds. The Morgan fingerprint density at radius 3 is 2.61 bits per heavy atom. The summed E-state index contributed by atoms with van der Waals surface area (Å²) in [5.74, 6) is 1.73. The lowest BCUT2D eigenvalue weighted by molar-refractivity contribution is -0.131. The Labute approximate surface area is 144 Å². The molecule has 128 valence electrons. The normalized spacial score (nSPS) is 18.0. The standard InChI is InChI=1S/C15H20N2O4S.ClH/c18-15(17-6-4-16-5-7-17)3-10-22(19)12-1-2-13-14(11-12)21-9-8-20-13;/h1-2,11,16H,3-10H2;1H. The lowest BCUT2D eigenvalue weighted by Crippen LogP contribution is -2.46. The number of amides is 1. The molecule has 1 atom stereocenters. The maximum Gasteiger partial charge on any atom is 0.223 e. The molecule has 2 aliphatic heterocycles. The van der Waals surface area contributed by atoms with Gasteiger partial charge in [0.15, 0.2) is 11.5 Å². The van der Waals surface area contributed by atoms with Gasteiger partial charge in [0.1, 0.15) is 13.2 Å². The molecule has 0 spiro atoms. The minimum Gasteiger partial charge on any atom is -0.486 e. The molecule has 0 bridgehead atoms. The van der Waals surface area contributed by atoms with Crippen LogP contribution in [-0.2, 0) is 15.6 Å². The third-order valence-electron chi connectivity index (χ3n) is 3.75. The van der Waals surface area contributed by atoms with E-state index in [2.05, 4.69) is 5.32 Å². The largest absolute Gasteiger partial charge is 0.486 e. The first-order valence-corrected chi connectivity index (χ1v) is 8.82. The SMILES string of the molecule is Cl.O=C(CCS(=O)c1ccc2c(c1)OCCO2)N1CCNCC1. The summed E-state index contributed by atoms with van der Waals surface area (Å²) in [6.07, 6.45) is 0.307. The number of hydrogen-bond donors (Lipinski definition) is 1. The number of fused-ring (bicyclic) bond motifs is 1. The van der Waals surface area contributed by atoms with Crippen LogP contribution in [0.3, 0.4) is 0 Å². The lowest BCUT2D eigenvalue weighted by atomic mass is 10.3. The van der Waals surface area contributed by atoms with Crippen molar-refractivity contribution in [3.8, 4) is 11.5 Å². The smallest absolute Gasteiger partial charge is 0.223 e. The Balaban J connectivity index is 0.00000192. The fourth-order valence-corrected chi connectivity index (χ4v) is 3.59. The molecular formula is C15H21ClN2O4S. The van der Waals surface area contributed by atoms with Crippen molar-refractivity contribution in [2.75, 3.05) is 45.1 Å². The number of nitrogens with zero attached hydrogens (tertiary/aromatic N) is 1. The molecule has 0 aromatic heterocycles. The van der Waals surface area contributed by atoms with Crippen LogP contribution >= 0.6 is 12.4 Å². The molecule has 1 N–H and O–H groups in total. The molecule has 6 nitrogen and oxygen atoms in total. The molecule has 8 heteroatoms. The van der Waals surface area contributed by atoms with Crippen molar-refractivity contribution in [3.05, 3.63) is 18.2 Å². The second kappa shape index (κ2) is 8.52. The van der Waals surface area contributed by atoms with Gasteiger partial charge in [0.05, 0.1) is 10.8 Å². The maximum absolute atomic E-state index is 12.3. The number of nitrogens with one attached hydrogen (secondary N) is 1. The molecule has 1 unspecified atom stereocenters. The van der Waals surface area contributed by atoms with Crippen LogP contribution in [0.25, 0.3) is 0 Å². The molecule has 1 saturated heterocycles. The van der Waals surface area contributed by atoms with Crippen molar-refractivity contribution in [2.45, 2.75) is 11.3 Å². The van der Waals surface area contributed by atoms with Crippen LogP contribution in [0, 0.1) is 0 Å². The van der Waals surface area contributed by atoms with Gasteiger partial charge >= 0.3 is 0 Å². The van der Waals surface area contributed by atoms with E-state index >= 15 is 0 Å². The number of halogens is 1. The van der Waals surface area contributed by atoms with E-state index in [0.717, 1.165) is 26.2 Å². The van der Waals surface area contributed by atoms with Crippen molar-refractivity contribution in [1.29, 1.82) is 0 Å². The van der Waals surface area contributed by atoms with E-state index in [1.807, 2.05) is 4.90 Å². The van der Waals surface area contributed by atoms with Crippen LogP contribution < -0.4 is 14.8 Å². The van der Waals surface area contributed by atoms with E-state index in [1.54, 1.807) is 18.2 Å². The Bertz CT molecular complexity index is 579. The predicted octanol–water partition coefficient (Wildman–Crippen LogP) is 0.809. The van der Waals surface area contributed by atoms with Gasteiger partial charge in [-0.1, -0.05) is 0 Å². The highest BCUT2D eigenvalue weighted by Crippen LogP contribution is 2.31. The number of hydrogen-bond acceptors (Lipinski definition) is 5. The molecule has 2 aliphatic rings. The van der Waals surface area contributed by atoms with Gasteiger partial charge in [-0.2, -0.15) is 0 Å². The highest BCUT2D eigenvalue weighted by atomic mass is 35.5. The molecule has 0 aliphatic carbocycles. The van der Waals surface area contributed by atoms with Gasteiger partial charge in [-0.05, 0) is 12.1 Å². The fraction of sp³-hybridized carbons (Fsp3) is 0.533. The number of carbonyl (C=O) groups is 1. The number of ether oxygens (including phenoxy) is 2. The van der Waals surface area contributed by atoms with Crippen molar-refractivity contribution in [1.82, 2.24) is 10.2 Å². The van der Waals surface area contributed by atoms with E-state index in [4.69, 9.17) is 9.47 Å². The first-order valence-electron chi connectivity index (χ1n) is 7.50. The van der Waals surface area contributed by atoms with Crippen LogP contribution in [0.2, 0.25) is 0 Å². The van der Waals surface area contributed by atoms with Crippen LogP contribution in [0.5, 0.6) is 11.5 Å². The summed E-state index contributed by atoms with van der Waals surface area (Å²) in [6.45, 7) is 4.16. The highest BCUT2D eigenvalue weighted by molar-refractivity contribution is 7.85. The van der Waals surface area contributed by atoms with Gasteiger partial charge in [-0.25, -0.2) is 0 Å². The quantitative estimate of drug-likeness (QED) is 0.860. The zero-order valence-electron chi connectivity index (χ0n) is 12.8. The van der Waals surface area contributed by atoms with Gasteiger partial charge in [0, 0.05) is 49.3 Å². The summed E-state index contributed by atoms with van der Waals surface area (Å²) >= 11 is 0. The molecule has 1 fully saturated rings. The first-order chi connectivity index (χ1) is 10.7. The highest BCUT2D eigenvalue weighted by Gasteiger charge is 2.18. The average molecular weight is 361 g/mol. The average Bonchev–Trinajstić information content (AvgIpc) is 2.59. The van der Waals surface area contributed by atoms with Crippen LogP contribution in [0.15, 0.2) is 23.1 Å². The summed E-state index contributed by atoms with van der Waals surface area (Å²) in [7, 11) is -1.21. The van der Waals surface area contributed by atoms with Gasteiger partial charge < -0.3 is 19.7 Å². The number of piperazine rings is 1. The van der Waals surface area contributed by atoms with Crippen LogP contribution in [-0.4, -0.2) is 60.2 Å². The third-order valence-corrected chi connectivity index (χ3v) is 5.10. The molecule has 0 radical (unpaired) electrons. The summed E-state index contributed by atoms with van der Waals surface area (Å²) in [4.78, 5) is 14.6. The second-order valence-electron chi connectivity index (χ2n) is 5.24. The molecule has 1 aromatic rings. The Morgan fingerprint density at radius 1 is 1.17 bits per heavy atom. The third kappa shape index (κ3) is 4.59. The lowest BCUT2D eigenvalue weighted by Gasteiger charge is -2.27. The van der Waals surface area contributed by atoms with Crippen LogP contribution in [0.4, 0.5) is 0 Å². The summed E-state index contributed by atoms with van der Waals surface area (Å²) < 4.78 is 23.3. The van der Waals surface area contributed by atoms with Crippen molar-refractivity contribution in [3.63, 3.8) is 0 Å². The summed E-state index contributed by atoms with van der Waals surface area (Å²) in [6, 6.07) is 5.30. The molecular weight excluding hydrogens is 340 g/mol. The minimum absolute atomic E-state index is 0. The Morgan fingerprint density at radius 2 is 1.87 bits per heavy atom. The minimum atomic E-state index is -1.21. The van der Waals surface area contributed by atoms with Gasteiger partial charge in [-0.15, -0.1) is 12.4 Å². The summed E-state index contributed by atoms with van der Waals surface area (Å²) in [5.41, 5.74) is 0. The Kier molecular flexibility index (Phi) is 6.68. The van der Waals surface area contributed by atoms with Crippen molar-refractivity contribution >= 4 is 29.1 Å². The molecule has 23 heavy (non-hydrogen) atoms. The van der Waals surface area contributed by atoms with E-state index in [1.165, 1.54) is 0 Å². The van der Waals surface area contributed by atoms with Crippen LogP contribution in [0.1, 0.15) is 6.42 Å². The maximum atomic E-state index is 12.3. The van der Waals surface area contributed by atoms with E-state index in [9.17, 15) is 9.00 Å². The Hall–Kier alpha value is -1.31. The summed E-state index contributed by atoms with van der Waals surface area (Å²) in [5, 5.41) is 3.21. The zero-order chi connectivity index (χ0) is 15.4. The van der Waals surface area contributed by atoms with Gasteiger partial charge in [-0.3, -0.25) is 9.00 Å². The number of benzene rings is 1. The van der Waals surface area contributed by atoms with E-state index < -0.39 is 10.8 Å². The molecule has 2 heterocycles. The zero-order valence-corrected chi connectivity index (χ0v) is 14.4. The van der Waals surface area contributed by atoms with Crippen molar-refractivity contribution < 1.29 is 18.5 Å². The molecule has 3 rings (SSSR count). The van der Waals surface area contributed by atoms with Crippen molar-refractivity contribution in [2.24, 2.45) is 0 Å². The number of rotatable bonds is 4. The second-order valence-corrected chi connectivity index (χ2v) is 6.81. The molecule has 0 saturated carbocycles. The molecule has 1 aromatic carbocycles. The monoisotopic (exact) mass is 360 g/mol. The topological polar surface area (TPSA) is 67.9 Å². The van der Waals surface area contributed by atoms with Gasteiger partial charge in [0.2, 0.25) is 5.91 Å². The van der Waals surface area contributed by atoms with Gasteiger partial charge in [0.25, 0.3) is 0 Å². The van der Waals surface area contributed by atoms with E-state index in [-0.39, 0.29) is 18.3 Å². The predicted molar refractivity (Wildman–Crippen MR) is 90.0 cm³/mol. The van der Waals surface area contributed by atoms with E-state index in [0.29, 0.717) is 41.8 Å². The number of carbonyl (C=O) groups excluding carboxylic acids is 1. The first kappa shape index (κ1) is 18.0.